The second-order valence-corrected chi connectivity index (χ2v) is 6.27. The fourth-order valence-corrected chi connectivity index (χ4v) is 2.48. The van der Waals surface area contributed by atoms with Crippen LogP contribution in [0.1, 0.15) is 23.2 Å². The quantitative estimate of drug-likeness (QED) is 0.508. The highest BCUT2D eigenvalue weighted by atomic mass is 19.4. The number of carbonyl (C=O) groups excluding carboxylic acids is 1. The average Bonchev–Trinajstić information content (AvgIpc) is 3.36. The minimum atomic E-state index is -4.42. The summed E-state index contributed by atoms with van der Waals surface area (Å²) in [7, 11) is 0. The molecule has 0 bridgehead atoms. The van der Waals surface area contributed by atoms with Gasteiger partial charge in [0.15, 0.2) is 5.76 Å². The van der Waals surface area contributed by atoms with E-state index < -0.39 is 25.4 Å². The van der Waals surface area contributed by atoms with Crippen LogP contribution >= 0.6 is 0 Å². The van der Waals surface area contributed by atoms with E-state index in [2.05, 4.69) is 15.2 Å². The van der Waals surface area contributed by atoms with Crippen LogP contribution in [0.4, 0.5) is 18.9 Å². The van der Waals surface area contributed by atoms with E-state index in [4.69, 9.17) is 13.9 Å². The molecule has 0 aliphatic heterocycles. The monoisotopic (exact) mass is 439 g/mol. The van der Waals surface area contributed by atoms with Gasteiger partial charge in [-0.15, -0.1) is 0 Å². The van der Waals surface area contributed by atoms with Crippen molar-refractivity contribution in [2.45, 2.75) is 26.4 Å². The largest absolute Gasteiger partial charge is 0.494 e. The van der Waals surface area contributed by atoms with Crippen molar-refractivity contribution in [3.63, 3.8) is 0 Å². The van der Waals surface area contributed by atoms with Crippen LogP contribution in [0.5, 0.6) is 11.5 Å². The van der Waals surface area contributed by atoms with Crippen LogP contribution in [0.25, 0.3) is 0 Å². The van der Waals surface area contributed by atoms with E-state index in [1.807, 2.05) is 6.92 Å². The van der Waals surface area contributed by atoms with Gasteiger partial charge in [-0.3, -0.25) is 4.79 Å². The number of hydrogen-bond acceptors (Lipinski definition) is 6. The Labute approximate surface area is 175 Å². The lowest BCUT2D eigenvalue weighted by molar-refractivity contribution is -0.182. The highest BCUT2D eigenvalue weighted by molar-refractivity contribution is 6.02. The van der Waals surface area contributed by atoms with Gasteiger partial charge in [-0.1, -0.05) is 0 Å². The first-order chi connectivity index (χ1) is 14.8. The average molecular weight is 439 g/mol. The van der Waals surface area contributed by atoms with Crippen LogP contribution in [0, 0.1) is 0 Å². The van der Waals surface area contributed by atoms with Crippen LogP contribution in [0.3, 0.4) is 0 Å². The van der Waals surface area contributed by atoms with Crippen molar-refractivity contribution in [3.8, 4) is 11.5 Å². The molecule has 11 heteroatoms. The predicted octanol–water partition coefficient (Wildman–Crippen LogP) is 4.24. The lowest BCUT2D eigenvalue weighted by atomic mass is 10.3. The van der Waals surface area contributed by atoms with Crippen LogP contribution in [0.2, 0.25) is 0 Å². The first-order valence-corrected chi connectivity index (χ1v) is 9.25. The SMILES string of the molecule is CCOc1ccc(OCc2ccc(C(=O)Nc3cnn(COCC(F)(F)F)c3)o2)cc1. The summed E-state index contributed by atoms with van der Waals surface area (Å²) in [6, 6.07) is 10.2. The zero-order valence-electron chi connectivity index (χ0n) is 16.5. The Morgan fingerprint density at radius 1 is 1.13 bits per heavy atom. The van der Waals surface area contributed by atoms with Gasteiger partial charge in [0.05, 0.1) is 24.7 Å². The highest BCUT2D eigenvalue weighted by Crippen LogP contribution is 2.20. The molecule has 1 N–H and O–H groups in total. The number of ether oxygens (including phenoxy) is 3. The van der Waals surface area contributed by atoms with Crippen molar-refractivity contribution in [1.29, 1.82) is 0 Å². The number of carbonyl (C=O) groups is 1. The second kappa shape index (κ2) is 10.0. The van der Waals surface area contributed by atoms with Crippen LogP contribution < -0.4 is 14.8 Å². The molecule has 2 aromatic heterocycles. The fraction of sp³-hybridized carbons (Fsp3) is 0.300. The Morgan fingerprint density at radius 3 is 2.52 bits per heavy atom. The molecule has 0 aliphatic rings. The molecule has 1 amide bonds. The van der Waals surface area contributed by atoms with Crippen molar-refractivity contribution in [2.75, 3.05) is 18.5 Å². The van der Waals surface area contributed by atoms with E-state index >= 15 is 0 Å². The van der Waals surface area contributed by atoms with Crippen molar-refractivity contribution < 1.29 is 36.6 Å². The number of halogens is 3. The Hall–Kier alpha value is -3.47. The first-order valence-electron chi connectivity index (χ1n) is 9.25. The standard InChI is InChI=1S/C20H20F3N3O5/c1-2-29-15-3-5-16(6-4-15)30-11-17-7-8-18(31-17)19(27)25-14-9-24-26(10-14)13-28-12-20(21,22)23/h3-10H,2,11-13H2,1H3,(H,25,27). The molecule has 0 aliphatic carbocycles. The molecule has 3 aromatic rings. The molecule has 0 radical (unpaired) electrons. The third kappa shape index (κ3) is 7.07. The molecular formula is C20H20F3N3O5. The topological polar surface area (TPSA) is 87.8 Å². The molecule has 0 saturated carbocycles. The molecule has 166 valence electrons. The number of nitrogens with zero attached hydrogens (tertiary/aromatic N) is 2. The van der Waals surface area contributed by atoms with Gasteiger partial charge in [0.2, 0.25) is 0 Å². The Kier molecular flexibility index (Phi) is 7.19. The molecule has 0 spiro atoms. The molecule has 0 atom stereocenters. The zero-order valence-corrected chi connectivity index (χ0v) is 16.5. The van der Waals surface area contributed by atoms with Crippen molar-refractivity contribution in [2.24, 2.45) is 0 Å². The van der Waals surface area contributed by atoms with E-state index in [1.54, 1.807) is 30.3 Å². The smallest absolute Gasteiger partial charge is 0.411 e. The Bertz CT molecular complexity index is 983. The molecule has 8 nitrogen and oxygen atoms in total. The molecular weight excluding hydrogens is 419 g/mol. The normalized spacial score (nSPS) is 11.4. The van der Waals surface area contributed by atoms with Crippen LogP contribution in [0.15, 0.2) is 53.2 Å². The van der Waals surface area contributed by atoms with Crippen LogP contribution in [-0.4, -0.2) is 35.1 Å². The Balaban J connectivity index is 1.47. The van der Waals surface area contributed by atoms with Crippen molar-refractivity contribution in [3.05, 3.63) is 60.3 Å². The number of benzene rings is 1. The lowest BCUT2D eigenvalue weighted by Crippen LogP contribution is -2.18. The number of alkyl halides is 3. The first kappa shape index (κ1) is 22.2. The predicted molar refractivity (Wildman–Crippen MR) is 103 cm³/mol. The number of nitrogens with one attached hydrogen (secondary N) is 1. The van der Waals surface area contributed by atoms with Crippen molar-refractivity contribution in [1.82, 2.24) is 9.78 Å². The maximum absolute atomic E-state index is 12.3. The fourth-order valence-electron chi connectivity index (χ4n) is 2.48. The van der Waals surface area contributed by atoms with E-state index in [1.165, 1.54) is 18.5 Å². The summed E-state index contributed by atoms with van der Waals surface area (Å²) in [6.07, 6.45) is -1.79. The lowest BCUT2D eigenvalue weighted by Gasteiger charge is -2.07. The number of hydrogen-bond donors (Lipinski definition) is 1. The van der Waals surface area contributed by atoms with Gasteiger partial charge in [-0.25, -0.2) is 4.68 Å². The molecule has 0 saturated heterocycles. The third-order valence-corrected chi connectivity index (χ3v) is 3.78. The van der Waals surface area contributed by atoms with Gasteiger partial charge in [-0.05, 0) is 43.3 Å². The number of furan rings is 1. The number of aromatic nitrogens is 2. The summed E-state index contributed by atoms with van der Waals surface area (Å²) < 4.78 is 58.3. The van der Waals surface area contributed by atoms with Gasteiger partial charge in [0.25, 0.3) is 5.91 Å². The minimum absolute atomic E-state index is 0.0476. The van der Waals surface area contributed by atoms with E-state index in [0.717, 1.165) is 10.4 Å². The van der Waals surface area contributed by atoms with E-state index in [-0.39, 0.29) is 18.1 Å². The molecule has 1 aromatic carbocycles. The summed E-state index contributed by atoms with van der Waals surface area (Å²) in [5, 5.41) is 6.36. The molecule has 2 heterocycles. The summed E-state index contributed by atoms with van der Waals surface area (Å²) in [6.45, 7) is 0.805. The molecule has 31 heavy (non-hydrogen) atoms. The van der Waals surface area contributed by atoms with Gasteiger partial charge in [-0.2, -0.15) is 18.3 Å². The zero-order chi connectivity index (χ0) is 22.3. The summed E-state index contributed by atoms with van der Waals surface area (Å²) in [5.74, 6) is 1.30. The van der Waals surface area contributed by atoms with E-state index in [0.29, 0.717) is 18.1 Å². The van der Waals surface area contributed by atoms with Crippen molar-refractivity contribution >= 4 is 11.6 Å². The number of rotatable bonds is 10. The second-order valence-electron chi connectivity index (χ2n) is 6.27. The van der Waals surface area contributed by atoms with E-state index in [9.17, 15) is 18.0 Å². The summed E-state index contributed by atoms with van der Waals surface area (Å²) in [4.78, 5) is 12.3. The van der Waals surface area contributed by atoms with Gasteiger partial charge >= 0.3 is 6.18 Å². The highest BCUT2D eigenvalue weighted by Gasteiger charge is 2.27. The summed E-state index contributed by atoms with van der Waals surface area (Å²) in [5.41, 5.74) is 0.282. The third-order valence-electron chi connectivity index (χ3n) is 3.78. The minimum Gasteiger partial charge on any atom is -0.494 e. The Morgan fingerprint density at radius 2 is 1.84 bits per heavy atom. The van der Waals surface area contributed by atoms with Gasteiger partial charge in [0.1, 0.15) is 37.2 Å². The number of amides is 1. The van der Waals surface area contributed by atoms with Crippen LogP contribution in [-0.2, 0) is 18.1 Å². The molecule has 0 fully saturated rings. The van der Waals surface area contributed by atoms with Gasteiger partial charge < -0.3 is 23.9 Å². The van der Waals surface area contributed by atoms with Gasteiger partial charge in [0, 0.05) is 0 Å². The maximum atomic E-state index is 12.3. The maximum Gasteiger partial charge on any atom is 0.411 e. The molecule has 0 unspecified atom stereocenters. The molecule has 3 rings (SSSR count). The number of anilines is 1. The summed E-state index contributed by atoms with van der Waals surface area (Å²) >= 11 is 0.